The van der Waals surface area contributed by atoms with Crippen molar-refractivity contribution in [3.05, 3.63) is 30.6 Å². The molecule has 0 bridgehead atoms. The summed E-state index contributed by atoms with van der Waals surface area (Å²) in [6.07, 6.45) is 4.15. The lowest BCUT2D eigenvalue weighted by Gasteiger charge is -2.26. The molecule has 0 aliphatic heterocycles. The average molecular weight is 343 g/mol. The Bertz CT molecular complexity index is 709. The van der Waals surface area contributed by atoms with Gasteiger partial charge in [-0.1, -0.05) is 12.1 Å². The van der Waals surface area contributed by atoms with E-state index < -0.39 is 5.60 Å². The number of carbonyl (C=O) groups excluding carboxylic acids is 1. The normalized spacial score (nSPS) is 20.3. The molecule has 3 rings (SSSR count). The molecule has 1 heterocycles. The second kappa shape index (κ2) is 7.13. The monoisotopic (exact) mass is 343 g/mol. The van der Waals surface area contributed by atoms with Crippen molar-refractivity contribution in [2.45, 2.75) is 57.7 Å². The highest BCUT2D eigenvalue weighted by atomic mass is 16.6. The van der Waals surface area contributed by atoms with E-state index in [0.717, 1.165) is 36.3 Å². The Labute approximate surface area is 147 Å². The van der Waals surface area contributed by atoms with E-state index in [2.05, 4.69) is 25.8 Å². The van der Waals surface area contributed by atoms with Gasteiger partial charge in [-0.05, 0) is 52.2 Å². The Morgan fingerprint density at radius 1 is 1.28 bits per heavy atom. The van der Waals surface area contributed by atoms with Gasteiger partial charge in [-0.2, -0.15) is 5.10 Å². The Balaban J connectivity index is 1.64. The van der Waals surface area contributed by atoms with Crippen molar-refractivity contribution >= 4 is 11.8 Å². The van der Waals surface area contributed by atoms with E-state index >= 15 is 0 Å². The van der Waals surface area contributed by atoms with Crippen LogP contribution in [0, 0.1) is 0 Å². The molecule has 134 valence electrons. The predicted molar refractivity (Wildman–Crippen MR) is 96.2 cm³/mol. The highest BCUT2D eigenvalue weighted by Gasteiger charge is 2.30. The predicted octanol–water partition coefficient (Wildman–Crippen LogP) is 3.33. The van der Waals surface area contributed by atoms with Crippen LogP contribution in [0.3, 0.4) is 0 Å². The summed E-state index contributed by atoms with van der Waals surface area (Å²) in [6.45, 7) is 5.60. The van der Waals surface area contributed by atoms with Gasteiger partial charge in [0, 0.05) is 17.3 Å². The van der Waals surface area contributed by atoms with Crippen molar-refractivity contribution in [1.29, 1.82) is 0 Å². The summed E-state index contributed by atoms with van der Waals surface area (Å²) in [6, 6.07) is 8.25. The number of amides is 1. The molecule has 0 saturated heterocycles. The zero-order chi connectivity index (χ0) is 17.9. The number of aromatic nitrogens is 3. The van der Waals surface area contributed by atoms with Gasteiger partial charge in [0.05, 0.1) is 6.04 Å². The summed E-state index contributed by atoms with van der Waals surface area (Å²) in [7, 11) is 0. The molecule has 2 aromatic rings. The number of nitrogens with one attached hydrogen (secondary N) is 3. The fourth-order valence-corrected chi connectivity index (χ4v) is 3.08. The van der Waals surface area contributed by atoms with Crippen LogP contribution in [-0.4, -0.2) is 39.0 Å². The molecular weight excluding hydrogens is 318 g/mol. The summed E-state index contributed by atoms with van der Waals surface area (Å²) < 4.78 is 5.37. The van der Waals surface area contributed by atoms with Gasteiger partial charge in [0.1, 0.15) is 11.9 Å². The standard InChI is InChI=1S/C18H25N5O2/c1-18(2,3)25-17(24)22-15-9-5-8-14(15)21-13-7-4-6-12(10-13)16-19-11-20-23-16/h4,6-7,10-11,14-15,21H,5,8-9H2,1-3H3,(H,22,24)(H,19,20,23)/t14-,15-/m0/s1. The molecule has 0 unspecified atom stereocenters. The van der Waals surface area contributed by atoms with Crippen LogP contribution < -0.4 is 10.6 Å². The quantitative estimate of drug-likeness (QED) is 0.792. The van der Waals surface area contributed by atoms with Crippen LogP contribution in [0.25, 0.3) is 11.4 Å². The zero-order valence-electron chi connectivity index (χ0n) is 14.9. The van der Waals surface area contributed by atoms with Crippen molar-refractivity contribution in [2.75, 3.05) is 5.32 Å². The first kappa shape index (κ1) is 17.3. The number of anilines is 1. The maximum atomic E-state index is 12.0. The minimum absolute atomic E-state index is 0.0591. The SMILES string of the molecule is CC(C)(C)OC(=O)N[C@H]1CCC[C@@H]1Nc1cccc(-c2ncn[nH]2)c1. The van der Waals surface area contributed by atoms with Crippen molar-refractivity contribution < 1.29 is 9.53 Å². The lowest BCUT2D eigenvalue weighted by molar-refractivity contribution is 0.0503. The number of hydrogen-bond acceptors (Lipinski definition) is 5. The Morgan fingerprint density at radius 3 is 2.80 bits per heavy atom. The van der Waals surface area contributed by atoms with E-state index in [9.17, 15) is 4.79 Å². The van der Waals surface area contributed by atoms with Crippen molar-refractivity contribution in [3.63, 3.8) is 0 Å². The second-order valence-corrected chi connectivity index (χ2v) is 7.35. The second-order valence-electron chi connectivity index (χ2n) is 7.35. The van der Waals surface area contributed by atoms with Crippen LogP contribution >= 0.6 is 0 Å². The number of H-pyrrole nitrogens is 1. The molecule has 1 saturated carbocycles. The number of aromatic amines is 1. The molecule has 1 aliphatic rings. The smallest absolute Gasteiger partial charge is 0.407 e. The molecule has 7 heteroatoms. The van der Waals surface area contributed by atoms with Gasteiger partial charge in [-0.3, -0.25) is 5.10 Å². The molecule has 1 aromatic heterocycles. The van der Waals surface area contributed by atoms with Crippen LogP contribution in [0.2, 0.25) is 0 Å². The molecule has 1 aliphatic carbocycles. The molecular formula is C18H25N5O2. The minimum atomic E-state index is -0.489. The fourth-order valence-electron chi connectivity index (χ4n) is 3.08. The van der Waals surface area contributed by atoms with Gasteiger partial charge in [0.25, 0.3) is 0 Å². The summed E-state index contributed by atoms with van der Waals surface area (Å²) in [5.41, 5.74) is 1.48. The molecule has 7 nitrogen and oxygen atoms in total. The van der Waals surface area contributed by atoms with E-state index in [1.54, 1.807) is 0 Å². The highest BCUT2D eigenvalue weighted by Crippen LogP contribution is 2.25. The lowest BCUT2D eigenvalue weighted by atomic mass is 10.1. The molecule has 2 atom stereocenters. The Kier molecular flexibility index (Phi) is 4.92. The molecule has 3 N–H and O–H groups in total. The number of carbonyl (C=O) groups is 1. The molecule has 1 aromatic carbocycles. The first-order chi connectivity index (χ1) is 11.9. The zero-order valence-corrected chi connectivity index (χ0v) is 14.9. The number of nitrogens with zero attached hydrogens (tertiary/aromatic N) is 2. The Hall–Kier alpha value is -2.57. The van der Waals surface area contributed by atoms with Crippen LogP contribution in [0.15, 0.2) is 30.6 Å². The summed E-state index contributed by atoms with van der Waals surface area (Å²) >= 11 is 0. The lowest BCUT2D eigenvalue weighted by Crippen LogP contribution is -2.45. The van der Waals surface area contributed by atoms with Gasteiger partial charge >= 0.3 is 6.09 Å². The Morgan fingerprint density at radius 2 is 2.08 bits per heavy atom. The van der Waals surface area contributed by atoms with Gasteiger partial charge in [0.15, 0.2) is 5.82 Å². The molecule has 1 fully saturated rings. The van der Waals surface area contributed by atoms with Gasteiger partial charge in [-0.25, -0.2) is 9.78 Å². The fraction of sp³-hybridized carbons (Fsp3) is 0.500. The summed E-state index contributed by atoms with van der Waals surface area (Å²) in [4.78, 5) is 16.2. The molecule has 1 amide bonds. The third kappa shape index (κ3) is 4.71. The van der Waals surface area contributed by atoms with Crippen molar-refractivity contribution in [2.24, 2.45) is 0 Å². The number of hydrogen-bond donors (Lipinski definition) is 3. The summed E-state index contributed by atoms with van der Waals surface area (Å²) in [5, 5.41) is 13.3. The van der Waals surface area contributed by atoms with Gasteiger partial charge in [0.2, 0.25) is 0 Å². The van der Waals surface area contributed by atoms with Crippen LogP contribution in [-0.2, 0) is 4.74 Å². The van der Waals surface area contributed by atoms with Crippen LogP contribution in [0.1, 0.15) is 40.0 Å². The summed E-state index contributed by atoms with van der Waals surface area (Å²) in [5.74, 6) is 0.735. The molecule has 0 spiro atoms. The number of benzene rings is 1. The first-order valence-corrected chi connectivity index (χ1v) is 8.62. The van der Waals surface area contributed by atoms with E-state index in [1.165, 1.54) is 6.33 Å². The van der Waals surface area contributed by atoms with E-state index in [4.69, 9.17) is 4.74 Å². The van der Waals surface area contributed by atoms with Crippen molar-refractivity contribution in [3.8, 4) is 11.4 Å². The third-order valence-electron chi connectivity index (χ3n) is 4.12. The van der Waals surface area contributed by atoms with Gasteiger partial charge < -0.3 is 15.4 Å². The minimum Gasteiger partial charge on any atom is -0.444 e. The topological polar surface area (TPSA) is 91.9 Å². The van der Waals surface area contributed by atoms with Gasteiger partial charge in [-0.15, -0.1) is 0 Å². The maximum Gasteiger partial charge on any atom is 0.407 e. The van der Waals surface area contributed by atoms with Crippen LogP contribution in [0.5, 0.6) is 0 Å². The largest absolute Gasteiger partial charge is 0.444 e. The molecule has 25 heavy (non-hydrogen) atoms. The average Bonchev–Trinajstić information content (AvgIpc) is 3.18. The van der Waals surface area contributed by atoms with E-state index in [-0.39, 0.29) is 18.2 Å². The van der Waals surface area contributed by atoms with E-state index in [0.29, 0.717) is 0 Å². The van der Waals surface area contributed by atoms with Crippen LogP contribution in [0.4, 0.5) is 10.5 Å². The maximum absolute atomic E-state index is 12.0. The number of alkyl carbamates (subject to hydrolysis) is 1. The third-order valence-corrected chi connectivity index (χ3v) is 4.12. The highest BCUT2D eigenvalue weighted by molar-refractivity contribution is 5.68. The number of rotatable bonds is 4. The van der Waals surface area contributed by atoms with E-state index in [1.807, 2.05) is 45.0 Å². The first-order valence-electron chi connectivity index (χ1n) is 8.62. The van der Waals surface area contributed by atoms with Crippen molar-refractivity contribution in [1.82, 2.24) is 20.5 Å². The molecule has 0 radical (unpaired) electrons. The number of ether oxygens (including phenoxy) is 1.